The summed E-state index contributed by atoms with van der Waals surface area (Å²) in [6, 6.07) is 2.59. The fourth-order valence-corrected chi connectivity index (χ4v) is 2.00. The monoisotopic (exact) mass is 246 g/mol. The summed E-state index contributed by atoms with van der Waals surface area (Å²) in [5, 5.41) is 4.51. The molecular formula is C13H18N4O. The van der Waals surface area contributed by atoms with Gasteiger partial charge in [-0.3, -0.25) is 0 Å². The number of nitrogens with one attached hydrogen (secondary N) is 2. The molecule has 1 fully saturated rings. The van der Waals surface area contributed by atoms with Crippen molar-refractivity contribution in [3.63, 3.8) is 0 Å². The van der Waals surface area contributed by atoms with Crippen LogP contribution < -0.4 is 5.32 Å². The Kier molecular flexibility index (Phi) is 2.91. The Hall–Kier alpha value is -1.62. The highest BCUT2D eigenvalue weighted by Crippen LogP contribution is 2.28. The minimum absolute atomic E-state index is 0.0811. The molecular weight excluding hydrogens is 228 g/mol. The number of fused-ring (bicyclic) bond motifs is 1. The van der Waals surface area contributed by atoms with Crippen molar-refractivity contribution in [1.29, 1.82) is 0 Å². The molecule has 1 aliphatic carbocycles. The van der Waals surface area contributed by atoms with Crippen LogP contribution in [-0.2, 0) is 4.74 Å². The number of hydrogen-bond donors (Lipinski definition) is 2. The maximum atomic E-state index is 5.56. The van der Waals surface area contributed by atoms with E-state index >= 15 is 0 Å². The van der Waals surface area contributed by atoms with Crippen LogP contribution in [0.1, 0.15) is 38.6 Å². The van der Waals surface area contributed by atoms with E-state index in [9.17, 15) is 0 Å². The zero-order valence-electron chi connectivity index (χ0n) is 10.7. The first-order valence-electron chi connectivity index (χ1n) is 6.51. The molecule has 0 aliphatic heterocycles. The summed E-state index contributed by atoms with van der Waals surface area (Å²) >= 11 is 0. The van der Waals surface area contributed by atoms with Gasteiger partial charge in [0.1, 0.15) is 17.6 Å². The molecule has 2 heterocycles. The van der Waals surface area contributed by atoms with Crippen LogP contribution in [0.4, 0.5) is 5.82 Å². The zero-order chi connectivity index (χ0) is 12.5. The van der Waals surface area contributed by atoms with E-state index in [4.69, 9.17) is 4.74 Å². The van der Waals surface area contributed by atoms with E-state index in [1.54, 1.807) is 0 Å². The highest BCUT2D eigenvalue weighted by Gasteiger charge is 2.23. The highest BCUT2D eigenvalue weighted by molar-refractivity contribution is 5.87. The molecule has 96 valence electrons. The third-order valence-electron chi connectivity index (χ3n) is 3.13. The van der Waals surface area contributed by atoms with E-state index in [1.165, 1.54) is 12.8 Å². The number of nitrogens with zero attached hydrogens (tertiary/aromatic N) is 2. The van der Waals surface area contributed by atoms with Gasteiger partial charge in [0.25, 0.3) is 0 Å². The van der Waals surface area contributed by atoms with Crippen LogP contribution in [0.3, 0.4) is 0 Å². The molecule has 5 heteroatoms. The molecule has 0 aromatic carbocycles. The summed E-state index contributed by atoms with van der Waals surface area (Å²) in [4.78, 5) is 12.3. The van der Waals surface area contributed by atoms with E-state index in [0.29, 0.717) is 12.6 Å². The molecule has 2 aromatic rings. The van der Waals surface area contributed by atoms with Gasteiger partial charge in [0.15, 0.2) is 5.82 Å². The van der Waals surface area contributed by atoms with Gasteiger partial charge < -0.3 is 15.0 Å². The first-order valence-corrected chi connectivity index (χ1v) is 6.51. The Morgan fingerprint density at radius 2 is 2.33 bits per heavy atom. The Morgan fingerprint density at radius 3 is 3.06 bits per heavy atom. The van der Waals surface area contributed by atoms with Crippen LogP contribution in [0.25, 0.3) is 11.0 Å². The molecule has 2 aromatic heterocycles. The molecule has 1 aliphatic rings. The molecule has 1 atom stereocenters. The molecule has 0 radical (unpaired) electrons. The molecule has 3 rings (SSSR count). The number of hydrogen-bond acceptors (Lipinski definition) is 4. The summed E-state index contributed by atoms with van der Waals surface area (Å²) in [6.45, 7) is 4.63. The number of ether oxygens (including phenoxy) is 1. The van der Waals surface area contributed by atoms with Crippen LogP contribution in [0.15, 0.2) is 12.3 Å². The fraction of sp³-hybridized carbons (Fsp3) is 0.538. The number of H-pyrrole nitrogens is 1. The topological polar surface area (TPSA) is 62.8 Å². The van der Waals surface area contributed by atoms with Crippen molar-refractivity contribution in [2.45, 2.75) is 38.8 Å². The number of rotatable bonds is 5. The molecule has 0 saturated heterocycles. The predicted octanol–water partition coefficient (Wildman–Crippen LogP) is 2.63. The lowest BCUT2D eigenvalue weighted by atomic mass is 10.3. The lowest BCUT2D eigenvalue weighted by molar-refractivity contribution is 0.0704. The van der Waals surface area contributed by atoms with Crippen LogP contribution in [-0.4, -0.2) is 27.6 Å². The molecule has 0 amide bonds. The number of aromatic amines is 1. The lowest BCUT2D eigenvalue weighted by Crippen LogP contribution is -2.10. The van der Waals surface area contributed by atoms with Crippen LogP contribution in [0.2, 0.25) is 0 Å². The van der Waals surface area contributed by atoms with Gasteiger partial charge in [-0.05, 0) is 32.8 Å². The van der Waals surface area contributed by atoms with Crippen molar-refractivity contribution in [2.75, 3.05) is 11.9 Å². The molecule has 5 nitrogen and oxygen atoms in total. The normalized spacial score (nSPS) is 17.0. The van der Waals surface area contributed by atoms with Crippen molar-refractivity contribution in [3.8, 4) is 0 Å². The summed E-state index contributed by atoms with van der Waals surface area (Å²) in [5.41, 5.74) is 0.870. The SMILES string of the molecule is CCOC(C)c1nc(NC2CC2)c2cc[nH]c2n1. The standard InChI is InChI=1S/C13H18N4O/c1-3-18-8(2)11-16-12-10(6-7-14-12)13(17-11)15-9-4-5-9/h6-9H,3-5H2,1-2H3,(H2,14,15,16,17). The van der Waals surface area contributed by atoms with Crippen LogP contribution in [0.5, 0.6) is 0 Å². The number of anilines is 1. The summed E-state index contributed by atoms with van der Waals surface area (Å²) in [7, 11) is 0. The maximum absolute atomic E-state index is 5.56. The molecule has 0 spiro atoms. The van der Waals surface area contributed by atoms with Crippen molar-refractivity contribution in [1.82, 2.24) is 15.0 Å². The van der Waals surface area contributed by atoms with Gasteiger partial charge in [-0.2, -0.15) is 0 Å². The molecule has 0 bridgehead atoms. The third kappa shape index (κ3) is 2.18. The Balaban J connectivity index is 1.98. The van der Waals surface area contributed by atoms with Crippen molar-refractivity contribution < 1.29 is 4.74 Å². The van der Waals surface area contributed by atoms with E-state index in [1.807, 2.05) is 26.1 Å². The van der Waals surface area contributed by atoms with E-state index in [0.717, 1.165) is 22.7 Å². The molecule has 18 heavy (non-hydrogen) atoms. The summed E-state index contributed by atoms with van der Waals surface area (Å²) in [6.07, 6.45) is 4.27. The second kappa shape index (κ2) is 4.57. The highest BCUT2D eigenvalue weighted by atomic mass is 16.5. The predicted molar refractivity (Wildman–Crippen MR) is 70.6 cm³/mol. The Labute approximate surface area is 106 Å². The number of aromatic nitrogens is 3. The third-order valence-corrected chi connectivity index (χ3v) is 3.13. The lowest BCUT2D eigenvalue weighted by Gasteiger charge is -2.12. The van der Waals surface area contributed by atoms with Crippen molar-refractivity contribution in [2.24, 2.45) is 0 Å². The van der Waals surface area contributed by atoms with Crippen molar-refractivity contribution >= 4 is 16.9 Å². The largest absolute Gasteiger partial charge is 0.371 e. The van der Waals surface area contributed by atoms with Crippen LogP contribution >= 0.6 is 0 Å². The first-order chi connectivity index (χ1) is 8.78. The smallest absolute Gasteiger partial charge is 0.161 e. The average Bonchev–Trinajstić information content (AvgIpc) is 3.04. The average molecular weight is 246 g/mol. The van der Waals surface area contributed by atoms with Gasteiger partial charge in [-0.25, -0.2) is 9.97 Å². The first kappa shape index (κ1) is 11.5. The van der Waals surface area contributed by atoms with Gasteiger partial charge in [-0.1, -0.05) is 0 Å². The second-order valence-electron chi connectivity index (χ2n) is 4.69. The van der Waals surface area contributed by atoms with Gasteiger partial charge in [0.2, 0.25) is 0 Å². The second-order valence-corrected chi connectivity index (χ2v) is 4.69. The van der Waals surface area contributed by atoms with Crippen molar-refractivity contribution in [3.05, 3.63) is 18.1 Å². The van der Waals surface area contributed by atoms with Gasteiger partial charge in [0.05, 0.1) is 5.39 Å². The van der Waals surface area contributed by atoms with Gasteiger partial charge >= 0.3 is 0 Å². The quantitative estimate of drug-likeness (QED) is 0.851. The molecule has 1 saturated carbocycles. The fourth-order valence-electron chi connectivity index (χ4n) is 2.00. The molecule has 1 unspecified atom stereocenters. The summed E-state index contributed by atoms with van der Waals surface area (Å²) in [5.74, 6) is 1.65. The molecule has 2 N–H and O–H groups in total. The van der Waals surface area contributed by atoms with E-state index < -0.39 is 0 Å². The van der Waals surface area contributed by atoms with E-state index in [2.05, 4.69) is 20.3 Å². The van der Waals surface area contributed by atoms with Gasteiger partial charge in [-0.15, -0.1) is 0 Å². The van der Waals surface area contributed by atoms with Crippen LogP contribution in [0, 0.1) is 0 Å². The van der Waals surface area contributed by atoms with E-state index in [-0.39, 0.29) is 6.10 Å². The Morgan fingerprint density at radius 1 is 1.50 bits per heavy atom. The minimum atomic E-state index is -0.0811. The maximum Gasteiger partial charge on any atom is 0.161 e. The zero-order valence-corrected chi connectivity index (χ0v) is 10.7. The Bertz CT molecular complexity index is 547. The minimum Gasteiger partial charge on any atom is -0.371 e. The van der Waals surface area contributed by atoms with Gasteiger partial charge in [0, 0.05) is 18.8 Å². The summed E-state index contributed by atoms with van der Waals surface area (Å²) < 4.78 is 5.56.